The van der Waals surface area contributed by atoms with Crippen LogP contribution in [0.25, 0.3) is 0 Å². The van der Waals surface area contributed by atoms with Crippen LogP contribution >= 0.6 is 0 Å². The zero-order valence-corrected chi connectivity index (χ0v) is 11.4. The highest BCUT2D eigenvalue weighted by molar-refractivity contribution is 4.81. The fraction of sp³-hybridized carbons (Fsp3) is 1.00. The van der Waals surface area contributed by atoms with Crippen molar-refractivity contribution in [2.45, 2.75) is 57.5 Å². The molecule has 2 rings (SSSR count). The van der Waals surface area contributed by atoms with Crippen molar-refractivity contribution in [3.05, 3.63) is 0 Å². The van der Waals surface area contributed by atoms with E-state index in [2.05, 4.69) is 22.5 Å². The Kier molecular flexibility index (Phi) is 5.75. The van der Waals surface area contributed by atoms with E-state index in [4.69, 9.17) is 0 Å². The lowest BCUT2D eigenvalue weighted by Gasteiger charge is -2.33. The summed E-state index contributed by atoms with van der Waals surface area (Å²) < 4.78 is 0. The van der Waals surface area contributed by atoms with Gasteiger partial charge >= 0.3 is 0 Å². The van der Waals surface area contributed by atoms with Crippen LogP contribution in [0, 0.1) is 0 Å². The van der Waals surface area contributed by atoms with Crippen molar-refractivity contribution < 1.29 is 0 Å². The quantitative estimate of drug-likeness (QED) is 0.737. The first-order valence-electron chi connectivity index (χ1n) is 7.57. The minimum Gasteiger partial charge on any atom is -0.313 e. The molecule has 17 heavy (non-hydrogen) atoms. The molecular weight excluding hydrogens is 210 g/mol. The van der Waals surface area contributed by atoms with Crippen LogP contribution < -0.4 is 10.6 Å². The second-order valence-corrected chi connectivity index (χ2v) is 5.67. The van der Waals surface area contributed by atoms with Gasteiger partial charge < -0.3 is 15.5 Å². The van der Waals surface area contributed by atoms with Crippen molar-refractivity contribution >= 4 is 0 Å². The molecule has 0 saturated carbocycles. The maximum absolute atomic E-state index is 3.75. The van der Waals surface area contributed by atoms with Crippen LogP contribution in [-0.2, 0) is 0 Å². The zero-order chi connectivity index (χ0) is 11.9. The second kappa shape index (κ2) is 7.34. The molecule has 100 valence electrons. The molecule has 1 atom stereocenters. The van der Waals surface area contributed by atoms with Gasteiger partial charge in [0.1, 0.15) is 0 Å². The number of likely N-dealkylation sites (tertiary alicyclic amines) is 1. The van der Waals surface area contributed by atoms with E-state index in [1.165, 1.54) is 71.2 Å². The van der Waals surface area contributed by atoms with Gasteiger partial charge in [0, 0.05) is 18.6 Å². The molecule has 2 saturated heterocycles. The molecule has 2 aliphatic heterocycles. The molecule has 0 spiro atoms. The molecule has 3 heteroatoms. The first kappa shape index (κ1) is 13.3. The summed E-state index contributed by atoms with van der Waals surface area (Å²) in [4.78, 5) is 2.63. The van der Waals surface area contributed by atoms with Crippen LogP contribution in [0.1, 0.15) is 45.4 Å². The third-order valence-electron chi connectivity index (χ3n) is 4.23. The SMILES string of the molecule is CCCCN1CCC(NCC2CCCN2)CC1. The summed E-state index contributed by atoms with van der Waals surface area (Å²) in [5, 5.41) is 7.31. The van der Waals surface area contributed by atoms with E-state index in [0.717, 1.165) is 12.1 Å². The number of hydrogen-bond acceptors (Lipinski definition) is 3. The van der Waals surface area contributed by atoms with Gasteiger partial charge in [-0.25, -0.2) is 0 Å². The fourth-order valence-corrected chi connectivity index (χ4v) is 2.98. The van der Waals surface area contributed by atoms with Crippen molar-refractivity contribution in [3.8, 4) is 0 Å². The number of nitrogens with one attached hydrogen (secondary N) is 2. The number of piperidine rings is 1. The van der Waals surface area contributed by atoms with E-state index in [1.807, 2.05) is 0 Å². The Balaban J connectivity index is 1.55. The van der Waals surface area contributed by atoms with Crippen LogP contribution in [0.15, 0.2) is 0 Å². The van der Waals surface area contributed by atoms with Gasteiger partial charge in [0.2, 0.25) is 0 Å². The number of nitrogens with zero attached hydrogens (tertiary/aromatic N) is 1. The monoisotopic (exact) mass is 239 g/mol. The van der Waals surface area contributed by atoms with Crippen LogP contribution in [0.4, 0.5) is 0 Å². The largest absolute Gasteiger partial charge is 0.313 e. The number of unbranched alkanes of at least 4 members (excludes halogenated alkanes) is 1. The Morgan fingerprint density at radius 3 is 2.71 bits per heavy atom. The summed E-state index contributed by atoms with van der Waals surface area (Å²) in [6.45, 7) is 8.60. The van der Waals surface area contributed by atoms with Gasteiger partial charge in [-0.05, 0) is 58.3 Å². The minimum atomic E-state index is 0.744. The molecule has 2 heterocycles. The molecule has 0 aromatic carbocycles. The summed E-state index contributed by atoms with van der Waals surface area (Å²) in [5.41, 5.74) is 0. The van der Waals surface area contributed by atoms with Gasteiger partial charge in [0.05, 0.1) is 0 Å². The Bertz CT molecular complexity index is 194. The third-order valence-corrected chi connectivity index (χ3v) is 4.23. The van der Waals surface area contributed by atoms with E-state index < -0.39 is 0 Å². The summed E-state index contributed by atoms with van der Waals surface area (Å²) in [7, 11) is 0. The Labute approximate surface area is 106 Å². The molecule has 2 fully saturated rings. The lowest BCUT2D eigenvalue weighted by Crippen LogP contribution is -2.46. The van der Waals surface area contributed by atoms with Crippen LogP contribution in [0.3, 0.4) is 0 Å². The smallest absolute Gasteiger partial charge is 0.0193 e. The van der Waals surface area contributed by atoms with E-state index in [1.54, 1.807) is 0 Å². The lowest BCUT2D eigenvalue weighted by molar-refractivity contribution is 0.194. The highest BCUT2D eigenvalue weighted by Crippen LogP contribution is 2.12. The maximum Gasteiger partial charge on any atom is 0.0193 e. The normalized spacial score (nSPS) is 27.7. The average Bonchev–Trinajstić information content (AvgIpc) is 2.88. The highest BCUT2D eigenvalue weighted by Gasteiger charge is 2.20. The Hall–Kier alpha value is -0.120. The zero-order valence-electron chi connectivity index (χ0n) is 11.4. The fourth-order valence-electron chi connectivity index (χ4n) is 2.98. The highest BCUT2D eigenvalue weighted by atomic mass is 15.1. The molecule has 0 radical (unpaired) electrons. The van der Waals surface area contributed by atoms with Gasteiger partial charge in [-0.3, -0.25) is 0 Å². The summed E-state index contributed by atoms with van der Waals surface area (Å²) in [6, 6.07) is 1.52. The predicted molar refractivity (Wildman–Crippen MR) is 73.4 cm³/mol. The standard InChI is InChI=1S/C14H29N3/c1-2-3-9-17-10-6-13(7-11-17)16-12-14-5-4-8-15-14/h13-16H,2-12H2,1H3. The van der Waals surface area contributed by atoms with E-state index in [-0.39, 0.29) is 0 Å². The molecule has 0 aromatic rings. The molecule has 0 bridgehead atoms. The van der Waals surface area contributed by atoms with Gasteiger partial charge in [-0.15, -0.1) is 0 Å². The molecule has 3 nitrogen and oxygen atoms in total. The predicted octanol–water partition coefficient (Wildman–Crippen LogP) is 1.59. The van der Waals surface area contributed by atoms with Crippen molar-refractivity contribution in [2.24, 2.45) is 0 Å². The van der Waals surface area contributed by atoms with E-state index in [9.17, 15) is 0 Å². The molecule has 0 aromatic heterocycles. The van der Waals surface area contributed by atoms with Crippen molar-refractivity contribution in [2.75, 3.05) is 32.7 Å². The van der Waals surface area contributed by atoms with Crippen LogP contribution in [0.5, 0.6) is 0 Å². The summed E-state index contributed by atoms with van der Waals surface area (Å²) in [5.74, 6) is 0. The molecule has 2 N–H and O–H groups in total. The van der Waals surface area contributed by atoms with Crippen LogP contribution in [0.2, 0.25) is 0 Å². The first-order chi connectivity index (χ1) is 8.38. The van der Waals surface area contributed by atoms with Gasteiger partial charge in [-0.1, -0.05) is 13.3 Å². The van der Waals surface area contributed by atoms with Crippen molar-refractivity contribution in [1.29, 1.82) is 0 Å². The topological polar surface area (TPSA) is 27.3 Å². The van der Waals surface area contributed by atoms with Crippen molar-refractivity contribution in [3.63, 3.8) is 0 Å². The molecule has 0 aliphatic carbocycles. The maximum atomic E-state index is 3.75. The Morgan fingerprint density at radius 2 is 2.06 bits per heavy atom. The molecular formula is C14H29N3. The second-order valence-electron chi connectivity index (χ2n) is 5.67. The van der Waals surface area contributed by atoms with E-state index >= 15 is 0 Å². The Morgan fingerprint density at radius 1 is 1.24 bits per heavy atom. The number of rotatable bonds is 6. The summed E-state index contributed by atoms with van der Waals surface area (Å²) in [6.07, 6.45) is 8.10. The average molecular weight is 239 g/mol. The van der Waals surface area contributed by atoms with Crippen molar-refractivity contribution in [1.82, 2.24) is 15.5 Å². The third kappa shape index (κ3) is 4.57. The molecule has 1 unspecified atom stereocenters. The van der Waals surface area contributed by atoms with Crippen LogP contribution in [-0.4, -0.2) is 49.7 Å². The molecule has 0 amide bonds. The van der Waals surface area contributed by atoms with E-state index in [0.29, 0.717) is 0 Å². The first-order valence-corrected chi connectivity index (χ1v) is 7.57. The van der Waals surface area contributed by atoms with Gasteiger partial charge in [0.25, 0.3) is 0 Å². The lowest BCUT2D eigenvalue weighted by atomic mass is 10.0. The summed E-state index contributed by atoms with van der Waals surface area (Å²) >= 11 is 0. The van der Waals surface area contributed by atoms with Gasteiger partial charge in [0.15, 0.2) is 0 Å². The van der Waals surface area contributed by atoms with Gasteiger partial charge in [-0.2, -0.15) is 0 Å². The number of hydrogen-bond donors (Lipinski definition) is 2. The molecule has 2 aliphatic rings. The minimum absolute atomic E-state index is 0.744.